The number of nitrogens with one attached hydrogen (secondary N) is 1. The van der Waals surface area contributed by atoms with Gasteiger partial charge < -0.3 is 14.6 Å². The van der Waals surface area contributed by atoms with Gasteiger partial charge in [0.2, 0.25) is 0 Å². The summed E-state index contributed by atoms with van der Waals surface area (Å²) in [6.07, 6.45) is 2.81. The fourth-order valence-electron chi connectivity index (χ4n) is 2.07. The number of rotatable bonds is 6. The summed E-state index contributed by atoms with van der Waals surface area (Å²) in [7, 11) is 4.24. The zero-order valence-electron chi connectivity index (χ0n) is 11.1. The van der Waals surface area contributed by atoms with Crippen LogP contribution in [0.2, 0.25) is 0 Å². The van der Waals surface area contributed by atoms with Crippen LogP contribution in [0.1, 0.15) is 39.0 Å². The highest BCUT2D eigenvalue weighted by Gasteiger charge is 2.36. The first-order valence-electron chi connectivity index (χ1n) is 6.00. The van der Waals surface area contributed by atoms with Gasteiger partial charge in [-0.1, -0.05) is 13.8 Å². The molecule has 2 atom stereocenters. The van der Waals surface area contributed by atoms with Gasteiger partial charge in [-0.15, -0.1) is 0 Å². The van der Waals surface area contributed by atoms with Gasteiger partial charge in [0, 0.05) is 5.54 Å². The molecule has 0 aliphatic rings. The molecule has 0 radical (unpaired) electrons. The minimum Gasteiger partial charge on any atom is -0.468 e. The second kappa shape index (κ2) is 5.51. The summed E-state index contributed by atoms with van der Waals surface area (Å²) in [5.41, 5.74) is 0.0634. The highest BCUT2D eigenvalue weighted by atomic mass is 16.3. The Kier molecular flexibility index (Phi) is 4.56. The maximum atomic E-state index is 5.56. The van der Waals surface area contributed by atoms with Gasteiger partial charge >= 0.3 is 0 Å². The zero-order valence-corrected chi connectivity index (χ0v) is 11.1. The molecule has 0 aliphatic heterocycles. The first-order valence-corrected chi connectivity index (χ1v) is 6.00. The number of nitrogens with zero attached hydrogens (tertiary/aromatic N) is 1. The van der Waals surface area contributed by atoms with Gasteiger partial charge in [0.05, 0.1) is 12.3 Å². The van der Waals surface area contributed by atoms with Crippen LogP contribution in [-0.4, -0.2) is 31.1 Å². The number of hydrogen-bond acceptors (Lipinski definition) is 3. The van der Waals surface area contributed by atoms with E-state index in [9.17, 15) is 0 Å². The third kappa shape index (κ3) is 2.47. The molecular weight excluding hydrogens is 200 g/mol. The first kappa shape index (κ1) is 13.3. The molecule has 16 heavy (non-hydrogen) atoms. The van der Waals surface area contributed by atoms with Crippen molar-refractivity contribution in [1.82, 2.24) is 10.2 Å². The third-order valence-corrected chi connectivity index (χ3v) is 3.60. The van der Waals surface area contributed by atoms with Gasteiger partial charge in [-0.25, -0.2) is 0 Å². The van der Waals surface area contributed by atoms with Gasteiger partial charge in [-0.3, -0.25) is 0 Å². The van der Waals surface area contributed by atoms with E-state index in [0.717, 1.165) is 18.7 Å². The van der Waals surface area contributed by atoms with E-state index in [1.165, 1.54) is 0 Å². The number of hydrogen-bond donors (Lipinski definition) is 1. The van der Waals surface area contributed by atoms with Crippen LogP contribution in [0.25, 0.3) is 0 Å². The summed E-state index contributed by atoms with van der Waals surface area (Å²) in [5.74, 6) is 1.01. The Morgan fingerprint density at radius 1 is 1.44 bits per heavy atom. The Bertz CT molecular complexity index is 295. The fourth-order valence-corrected chi connectivity index (χ4v) is 2.07. The molecule has 1 heterocycles. The van der Waals surface area contributed by atoms with Crippen LogP contribution in [0, 0.1) is 0 Å². The maximum absolute atomic E-state index is 5.56. The van der Waals surface area contributed by atoms with Crippen LogP contribution in [-0.2, 0) is 0 Å². The molecule has 1 N–H and O–H groups in total. The molecule has 0 saturated heterocycles. The van der Waals surface area contributed by atoms with E-state index in [-0.39, 0.29) is 11.6 Å². The molecule has 92 valence electrons. The topological polar surface area (TPSA) is 28.4 Å². The Morgan fingerprint density at radius 2 is 2.12 bits per heavy atom. The van der Waals surface area contributed by atoms with E-state index in [2.05, 4.69) is 45.1 Å². The lowest BCUT2D eigenvalue weighted by Gasteiger charge is -2.42. The Balaban J connectivity index is 3.00. The van der Waals surface area contributed by atoms with Crippen molar-refractivity contribution in [3.63, 3.8) is 0 Å². The van der Waals surface area contributed by atoms with Crippen molar-refractivity contribution < 1.29 is 4.42 Å². The summed E-state index contributed by atoms with van der Waals surface area (Å²) < 4.78 is 5.56. The van der Waals surface area contributed by atoms with Crippen molar-refractivity contribution in [3.05, 3.63) is 24.2 Å². The molecule has 0 bridgehead atoms. The average Bonchev–Trinajstić information content (AvgIpc) is 2.77. The Hall–Kier alpha value is -0.800. The molecule has 1 aromatic rings. The fraction of sp³-hybridized carbons (Fsp3) is 0.692. The third-order valence-electron chi connectivity index (χ3n) is 3.60. The smallest absolute Gasteiger partial charge is 0.122 e. The SMILES string of the molecule is CCNC(c1ccco1)C(C)(CC)N(C)C. The molecule has 0 amide bonds. The second-order valence-electron chi connectivity index (χ2n) is 4.61. The predicted octanol–water partition coefficient (Wildman–Crippen LogP) is 2.66. The molecule has 1 rings (SSSR count). The molecule has 3 nitrogen and oxygen atoms in total. The minimum atomic E-state index is 0.0634. The zero-order chi connectivity index (χ0) is 12.2. The van der Waals surface area contributed by atoms with E-state index in [4.69, 9.17) is 4.42 Å². The highest BCUT2D eigenvalue weighted by molar-refractivity contribution is 5.12. The van der Waals surface area contributed by atoms with Crippen molar-refractivity contribution in [3.8, 4) is 0 Å². The lowest BCUT2D eigenvalue weighted by atomic mass is 9.86. The van der Waals surface area contributed by atoms with E-state index in [0.29, 0.717) is 0 Å². The van der Waals surface area contributed by atoms with Crippen LogP contribution in [0.15, 0.2) is 22.8 Å². The van der Waals surface area contributed by atoms with E-state index in [1.807, 2.05) is 12.1 Å². The quantitative estimate of drug-likeness (QED) is 0.805. The standard InChI is InChI=1S/C13H24N2O/c1-6-13(3,15(4)5)12(14-7-2)11-9-8-10-16-11/h8-10,12,14H,6-7H2,1-5H3. The molecule has 0 aromatic carbocycles. The van der Waals surface area contributed by atoms with Crippen LogP contribution in [0.5, 0.6) is 0 Å². The molecule has 0 aliphatic carbocycles. The van der Waals surface area contributed by atoms with Crippen molar-refractivity contribution in [2.75, 3.05) is 20.6 Å². The average molecular weight is 224 g/mol. The van der Waals surface area contributed by atoms with Gasteiger partial charge in [-0.05, 0) is 46.1 Å². The van der Waals surface area contributed by atoms with Gasteiger partial charge in [0.25, 0.3) is 0 Å². The molecule has 0 saturated carbocycles. The summed E-state index contributed by atoms with van der Waals surface area (Å²) in [4.78, 5) is 2.27. The minimum absolute atomic E-state index is 0.0634. The van der Waals surface area contributed by atoms with Crippen LogP contribution in [0.4, 0.5) is 0 Å². The lowest BCUT2D eigenvalue weighted by Crippen LogP contribution is -2.51. The van der Waals surface area contributed by atoms with Crippen molar-refractivity contribution in [1.29, 1.82) is 0 Å². The van der Waals surface area contributed by atoms with Crippen molar-refractivity contribution >= 4 is 0 Å². The highest BCUT2D eigenvalue weighted by Crippen LogP contribution is 2.32. The Morgan fingerprint density at radius 3 is 2.50 bits per heavy atom. The van der Waals surface area contributed by atoms with Crippen LogP contribution in [0.3, 0.4) is 0 Å². The first-order chi connectivity index (χ1) is 7.56. The second-order valence-corrected chi connectivity index (χ2v) is 4.61. The number of likely N-dealkylation sites (N-methyl/N-ethyl adjacent to an activating group) is 2. The predicted molar refractivity (Wildman–Crippen MR) is 67.5 cm³/mol. The van der Waals surface area contributed by atoms with Crippen molar-refractivity contribution in [2.45, 2.75) is 38.8 Å². The van der Waals surface area contributed by atoms with Gasteiger partial charge in [0.1, 0.15) is 5.76 Å². The van der Waals surface area contributed by atoms with E-state index >= 15 is 0 Å². The van der Waals surface area contributed by atoms with E-state index in [1.54, 1.807) is 6.26 Å². The maximum Gasteiger partial charge on any atom is 0.122 e. The summed E-state index contributed by atoms with van der Waals surface area (Å²) in [5, 5.41) is 3.52. The molecule has 1 aromatic heterocycles. The monoisotopic (exact) mass is 224 g/mol. The lowest BCUT2D eigenvalue weighted by molar-refractivity contribution is 0.102. The Labute approximate surface area is 98.8 Å². The number of furan rings is 1. The normalized spacial score (nSPS) is 17.4. The molecule has 0 fully saturated rings. The largest absolute Gasteiger partial charge is 0.468 e. The summed E-state index contributed by atoms with van der Waals surface area (Å²) >= 11 is 0. The summed E-state index contributed by atoms with van der Waals surface area (Å²) in [6.45, 7) is 7.55. The molecule has 0 spiro atoms. The van der Waals surface area contributed by atoms with E-state index < -0.39 is 0 Å². The van der Waals surface area contributed by atoms with Crippen LogP contribution < -0.4 is 5.32 Å². The van der Waals surface area contributed by atoms with Crippen molar-refractivity contribution in [2.24, 2.45) is 0 Å². The molecule has 3 heteroatoms. The molecule has 2 unspecified atom stereocenters. The molecular formula is C13H24N2O. The summed E-state index contributed by atoms with van der Waals surface area (Å²) in [6, 6.07) is 4.23. The van der Waals surface area contributed by atoms with Gasteiger partial charge in [0.15, 0.2) is 0 Å². The van der Waals surface area contributed by atoms with Crippen LogP contribution >= 0.6 is 0 Å². The van der Waals surface area contributed by atoms with Gasteiger partial charge in [-0.2, -0.15) is 0 Å².